The number of aryl methyl sites for hydroxylation is 10. The normalized spacial score (nSPS) is 13.0. The Bertz CT molecular complexity index is 4100. The molecule has 8 aromatic heterocycles. The third kappa shape index (κ3) is 11.2. The van der Waals surface area contributed by atoms with Crippen LogP contribution >= 0.6 is 0 Å². The minimum atomic E-state index is -2.52. The number of nitrogens with zero attached hydrogens (tertiary/aromatic N) is 8. The molecule has 0 amide bonds. The van der Waals surface area contributed by atoms with E-state index in [2.05, 4.69) is 159 Å². The number of oxazole rings is 4. The summed E-state index contributed by atoms with van der Waals surface area (Å²) in [5, 5.41) is 0. The first-order valence-electron chi connectivity index (χ1n) is 27.4. The van der Waals surface area contributed by atoms with E-state index in [4.69, 9.17) is 23.2 Å². The fourth-order valence-corrected chi connectivity index (χ4v) is 9.24. The molecule has 0 radical (unpaired) electrons. The van der Waals surface area contributed by atoms with Crippen molar-refractivity contribution in [3.05, 3.63) is 192 Å². The van der Waals surface area contributed by atoms with Crippen LogP contribution in [0.25, 0.3) is 89.4 Å². The van der Waals surface area contributed by atoms with Crippen LogP contribution in [0.1, 0.15) is 90.7 Å². The van der Waals surface area contributed by atoms with E-state index >= 15 is 0 Å². The summed E-state index contributed by atoms with van der Waals surface area (Å²) in [5.74, 6) is 0.503. The summed E-state index contributed by atoms with van der Waals surface area (Å²) in [4.78, 5) is 17.5. The minimum Gasteiger partial charge on any atom is -0.440 e. The van der Waals surface area contributed by atoms with Crippen LogP contribution in [0.15, 0.2) is 164 Å². The van der Waals surface area contributed by atoms with Gasteiger partial charge in [0.05, 0.1) is 24.3 Å². The van der Waals surface area contributed by atoms with Crippen molar-refractivity contribution >= 4 is 44.4 Å². The topological polar surface area (TPSA) is 120 Å². The molecule has 12 rings (SSSR count). The lowest BCUT2D eigenvalue weighted by molar-refractivity contribution is -0.659. The van der Waals surface area contributed by atoms with Crippen molar-refractivity contribution in [3.8, 4) is 45.0 Å². The lowest BCUT2D eigenvalue weighted by Gasteiger charge is -2.03. The van der Waals surface area contributed by atoms with Crippen molar-refractivity contribution in [2.75, 3.05) is 0 Å². The highest BCUT2D eigenvalue weighted by Gasteiger charge is 2.22. The Morgan fingerprint density at radius 3 is 0.974 bits per heavy atom. The van der Waals surface area contributed by atoms with Crippen LogP contribution < -0.4 is 18.3 Å². The quantitative estimate of drug-likeness (QED) is 0.151. The van der Waals surface area contributed by atoms with Gasteiger partial charge in [-0.25, -0.2) is 19.9 Å². The third-order valence-corrected chi connectivity index (χ3v) is 13.3. The molecule has 0 saturated carbocycles. The fraction of sp³-hybridized carbons (Fsp3) is 0.250. The Hall–Kier alpha value is -8.64. The molecule has 0 bridgehead atoms. The predicted octanol–water partition coefficient (Wildman–Crippen LogP) is 13.4. The van der Waals surface area contributed by atoms with E-state index in [1.54, 1.807) is 6.20 Å². The average molecular weight is 1020 g/mol. The summed E-state index contributed by atoms with van der Waals surface area (Å²) in [6, 6.07) is 41.1. The molecule has 384 valence electrons. The van der Waals surface area contributed by atoms with E-state index in [1.807, 2.05) is 102 Å². The van der Waals surface area contributed by atoms with E-state index in [-0.39, 0.29) is 5.89 Å². The highest BCUT2D eigenvalue weighted by Crippen LogP contribution is 2.29. The van der Waals surface area contributed by atoms with Gasteiger partial charge in [-0.15, -0.1) is 0 Å². The predicted molar refractivity (Wildman–Crippen MR) is 299 cm³/mol. The fourth-order valence-electron chi connectivity index (χ4n) is 9.24. The summed E-state index contributed by atoms with van der Waals surface area (Å²) in [6.45, 7) is 15.1. The maximum absolute atomic E-state index is 8.13. The summed E-state index contributed by atoms with van der Waals surface area (Å²) in [5.41, 5.74) is 20.2. The Kier molecular flexibility index (Phi) is 13.7. The van der Waals surface area contributed by atoms with E-state index in [0.717, 1.165) is 73.1 Å². The largest absolute Gasteiger partial charge is 0.440 e. The highest BCUT2D eigenvalue weighted by molar-refractivity contribution is 5.79. The number of benzene rings is 4. The monoisotopic (exact) mass is 1020 g/mol. The van der Waals surface area contributed by atoms with Crippen LogP contribution in [-0.2, 0) is 28.2 Å². The Balaban J connectivity index is 0.000000130. The summed E-state index contributed by atoms with van der Waals surface area (Å²) in [7, 11) is 8.01. The molecule has 76 heavy (non-hydrogen) atoms. The van der Waals surface area contributed by atoms with Crippen LogP contribution in [0.5, 0.6) is 0 Å². The van der Waals surface area contributed by atoms with Crippen LogP contribution in [0.4, 0.5) is 0 Å². The van der Waals surface area contributed by atoms with Gasteiger partial charge in [0.1, 0.15) is 28.2 Å². The molecule has 4 aromatic carbocycles. The van der Waals surface area contributed by atoms with Gasteiger partial charge in [-0.05, 0) is 74.2 Å². The van der Waals surface area contributed by atoms with E-state index in [0.29, 0.717) is 28.8 Å². The minimum absolute atomic E-state index is 0.0977. The average Bonchev–Trinajstić information content (AvgIpc) is 4.30. The van der Waals surface area contributed by atoms with Gasteiger partial charge in [-0.1, -0.05) is 100 Å². The van der Waals surface area contributed by atoms with Crippen LogP contribution in [-0.4, -0.2) is 19.9 Å². The second kappa shape index (κ2) is 22.1. The highest BCUT2D eigenvalue weighted by atomic mass is 16.4. The van der Waals surface area contributed by atoms with Crippen LogP contribution in [0.2, 0.25) is 0 Å². The number of rotatable bonds is 6. The van der Waals surface area contributed by atoms with Gasteiger partial charge in [0, 0.05) is 53.4 Å². The first-order valence-corrected chi connectivity index (χ1v) is 25.4. The zero-order valence-electron chi connectivity index (χ0n) is 49.6. The maximum Gasteiger partial charge on any atom is 0.216 e. The van der Waals surface area contributed by atoms with Gasteiger partial charge in [0.15, 0.2) is 92.7 Å². The van der Waals surface area contributed by atoms with E-state index < -0.39 is 12.7 Å². The summed E-state index contributed by atoms with van der Waals surface area (Å²) < 4.78 is 61.7. The number of aromatic nitrogens is 8. The molecule has 0 aliphatic heterocycles. The van der Waals surface area contributed by atoms with Crippen molar-refractivity contribution in [3.63, 3.8) is 0 Å². The zero-order valence-corrected chi connectivity index (χ0v) is 45.6. The molecule has 0 aliphatic carbocycles. The van der Waals surface area contributed by atoms with Gasteiger partial charge in [0.25, 0.3) is 0 Å². The van der Waals surface area contributed by atoms with Gasteiger partial charge in [-0.2, -0.15) is 18.3 Å². The van der Waals surface area contributed by atoms with Crippen molar-refractivity contribution in [2.45, 2.75) is 81.0 Å². The Morgan fingerprint density at radius 1 is 0.395 bits per heavy atom. The van der Waals surface area contributed by atoms with Crippen molar-refractivity contribution in [2.24, 2.45) is 28.2 Å². The molecule has 0 fully saturated rings. The molecule has 0 spiro atoms. The number of hydrogen-bond acceptors (Lipinski definition) is 8. The molecule has 12 heteroatoms. The van der Waals surface area contributed by atoms with Crippen molar-refractivity contribution < 1.29 is 41.4 Å². The van der Waals surface area contributed by atoms with Gasteiger partial charge in [-0.3, -0.25) is 0 Å². The SMILES string of the molecule is Cc1ccccc1-c1cc2oc(C(C)C)nc2c[n+]1C.Cc1nc2c[n+](C)c(-c3ccccc3C)cc2o1.Cc1nc2c[n+](C)c(-c3ccccc3C)cc2o1.[2H]C([2H])([2H])C([2H])(C)c1nc2c[n+](C)c(-c3ccccc3C)cc2o1. The standard InChI is InChI=1S/2C17H19N2O.2C15H15N2O/c2*1-11(2)17-18-14-10-19(4)15(9-16(14)20-17)13-8-6-5-7-12(13)3;2*1-10-6-4-5-7-12(10)14-8-15-13(9-17(14)3)16-11(2)18-15/h2*5-11H,1-4H3;2*4-9H,1-3H3/q4*+1/i1D3,11D;;;. The van der Waals surface area contributed by atoms with Crippen LogP contribution in [0, 0.1) is 41.5 Å². The van der Waals surface area contributed by atoms with Crippen molar-refractivity contribution in [1.29, 1.82) is 0 Å². The third-order valence-electron chi connectivity index (χ3n) is 13.3. The van der Waals surface area contributed by atoms with Gasteiger partial charge in [0.2, 0.25) is 22.8 Å². The lowest BCUT2D eigenvalue weighted by Crippen LogP contribution is -2.30. The molecule has 0 N–H and O–H groups in total. The maximum atomic E-state index is 8.13. The van der Waals surface area contributed by atoms with Gasteiger partial charge >= 0.3 is 0 Å². The van der Waals surface area contributed by atoms with E-state index in [9.17, 15) is 0 Å². The molecule has 1 unspecified atom stereocenters. The van der Waals surface area contributed by atoms with E-state index in [1.165, 1.54) is 40.3 Å². The molecular weight excluding hydrogens is 945 g/mol. The molecule has 8 heterocycles. The summed E-state index contributed by atoms with van der Waals surface area (Å²) >= 11 is 0. The molecular formula is C64H68N8O4+4. The first-order chi connectivity index (χ1) is 38.0. The number of hydrogen-bond donors (Lipinski definition) is 0. The molecule has 0 aliphatic rings. The Morgan fingerprint density at radius 2 is 0.671 bits per heavy atom. The number of pyridine rings is 4. The molecule has 0 saturated heterocycles. The molecule has 1 atom stereocenters. The smallest absolute Gasteiger partial charge is 0.216 e. The summed E-state index contributed by atoms with van der Waals surface area (Å²) in [6.07, 6.45) is 7.84. The second-order valence-electron chi connectivity index (χ2n) is 19.7. The zero-order chi connectivity index (χ0) is 57.4. The first kappa shape index (κ1) is 47.1. The second-order valence-corrected chi connectivity index (χ2v) is 19.7. The number of fused-ring (bicyclic) bond motifs is 4. The molecule has 12 aromatic rings. The van der Waals surface area contributed by atoms with Gasteiger partial charge < -0.3 is 17.7 Å². The Labute approximate surface area is 450 Å². The van der Waals surface area contributed by atoms with Crippen molar-refractivity contribution in [1.82, 2.24) is 19.9 Å². The lowest BCUT2D eigenvalue weighted by atomic mass is 10.0. The van der Waals surface area contributed by atoms with Crippen LogP contribution in [0.3, 0.4) is 0 Å². The molecule has 12 nitrogen and oxygen atoms in total.